The number of alkyl halides is 3. The Hall–Kier alpha value is -2.43. The summed E-state index contributed by atoms with van der Waals surface area (Å²) in [6.45, 7) is -0.0940. The van der Waals surface area contributed by atoms with Crippen molar-refractivity contribution in [2.24, 2.45) is 11.1 Å². The number of nitrogens with zero attached hydrogens (tertiary/aromatic N) is 3. The zero-order valence-electron chi connectivity index (χ0n) is 18.2. The Morgan fingerprint density at radius 2 is 2.06 bits per heavy atom. The molecule has 15 heteroatoms. The maximum Gasteiger partial charge on any atom is 0.446 e. The smallest absolute Gasteiger partial charge is 0.446 e. The minimum atomic E-state index is -4.45. The zero-order valence-corrected chi connectivity index (χ0v) is 19.8. The Morgan fingerprint density at radius 1 is 1.29 bits per heavy atom. The number of fused-ring (bicyclic) bond motifs is 1. The maximum atomic E-state index is 12.9. The molecule has 1 saturated carbocycles. The first kappa shape index (κ1) is 25.7. The molecule has 5 atom stereocenters. The van der Waals surface area contributed by atoms with E-state index in [1.165, 1.54) is 36.0 Å². The van der Waals surface area contributed by atoms with E-state index in [0.29, 0.717) is 34.9 Å². The molecule has 1 unspecified atom stereocenters. The fourth-order valence-electron chi connectivity index (χ4n) is 4.00. The van der Waals surface area contributed by atoms with E-state index in [-0.39, 0.29) is 23.3 Å². The molecule has 2 aromatic heterocycles. The molecule has 190 valence electrons. The van der Waals surface area contributed by atoms with E-state index < -0.39 is 40.9 Å². The van der Waals surface area contributed by atoms with Crippen molar-refractivity contribution in [1.82, 2.24) is 14.6 Å². The van der Waals surface area contributed by atoms with Crippen LogP contribution in [0.1, 0.15) is 6.42 Å². The number of methoxy groups -OCH3 is 1. The molecular weight excluding hydrogens is 511 g/mol. The van der Waals surface area contributed by atoms with Gasteiger partial charge in [0.05, 0.1) is 31.6 Å². The molecule has 0 spiro atoms. The van der Waals surface area contributed by atoms with Gasteiger partial charge in [-0.2, -0.15) is 22.8 Å². The summed E-state index contributed by atoms with van der Waals surface area (Å²) in [4.78, 5) is 4.23. The van der Waals surface area contributed by atoms with Crippen LogP contribution < -0.4 is 15.2 Å². The molecule has 4 rings (SSSR count). The van der Waals surface area contributed by atoms with Crippen molar-refractivity contribution in [1.29, 1.82) is 0 Å². The van der Waals surface area contributed by atoms with Crippen LogP contribution in [-0.2, 0) is 15.4 Å². The lowest BCUT2D eigenvalue weighted by molar-refractivity contribution is -0.0328. The number of thioether (sulfide) groups is 1. The second-order valence-electron chi connectivity index (χ2n) is 7.81. The predicted molar refractivity (Wildman–Crippen MR) is 123 cm³/mol. The number of benzene rings is 1. The fraction of sp³-hybridized carbons (Fsp3) is 0.400. The van der Waals surface area contributed by atoms with E-state index in [1.54, 1.807) is 12.1 Å². The van der Waals surface area contributed by atoms with Gasteiger partial charge in [-0.1, -0.05) is 0 Å². The number of aromatic nitrogens is 3. The number of aliphatic hydroxyl groups is 2. The van der Waals surface area contributed by atoms with Crippen LogP contribution >= 0.6 is 11.8 Å². The minimum Gasteiger partial charge on any atom is -0.496 e. The van der Waals surface area contributed by atoms with Gasteiger partial charge in [-0.15, -0.1) is 0 Å². The maximum absolute atomic E-state index is 12.9. The largest absolute Gasteiger partial charge is 0.496 e. The monoisotopic (exact) mass is 533 g/mol. The summed E-state index contributed by atoms with van der Waals surface area (Å²) in [6.07, 6.45) is -0.474. The number of nitrogens with two attached hydrogens (primary N) is 1. The number of ether oxygens (including phenoxy) is 1. The van der Waals surface area contributed by atoms with E-state index in [0.717, 1.165) is 0 Å². The number of aliphatic hydroxyl groups excluding tert-OH is 2. The van der Waals surface area contributed by atoms with Crippen LogP contribution in [0.3, 0.4) is 0 Å². The van der Waals surface area contributed by atoms with E-state index in [1.807, 2.05) is 0 Å². The summed E-state index contributed by atoms with van der Waals surface area (Å²) in [6, 6.07) is 6.70. The average molecular weight is 534 g/mol. The van der Waals surface area contributed by atoms with Crippen molar-refractivity contribution in [2.75, 3.05) is 19.0 Å². The van der Waals surface area contributed by atoms with E-state index in [9.17, 15) is 27.6 Å². The fourth-order valence-corrected chi connectivity index (χ4v) is 4.89. The highest BCUT2D eigenvalue weighted by Crippen LogP contribution is 2.41. The molecule has 1 aromatic carbocycles. The van der Waals surface area contributed by atoms with Crippen LogP contribution in [0, 0.1) is 5.92 Å². The third kappa shape index (κ3) is 5.87. The average Bonchev–Trinajstić information content (AvgIpc) is 3.34. The highest BCUT2D eigenvalue weighted by molar-refractivity contribution is 8.00. The van der Waals surface area contributed by atoms with Gasteiger partial charge in [0.15, 0.2) is 5.65 Å². The first-order valence-corrected chi connectivity index (χ1v) is 12.2. The lowest BCUT2D eigenvalue weighted by atomic mass is 10.1. The van der Waals surface area contributed by atoms with Gasteiger partial charge in [-0.05, 0) is 42.4 Å². The molecule has 0 saturated heterocycles. The molecule has 10 nitrogen and oxygen atoms in total. The van der Waals surface area contributed by atoms with Crippen LogP contribution in [0.25, 0.3) is 16.9 Å². The Bertz CT molecular complexity index is 1230. The summed E-state index contributed by atoms with van der Waals surface area (Å²) >= 11 is -2.23. The molecule has 2 heterocycles. The first-order valence-electron chi connectivity index (χ1n) is 10.3. The molecule has 3 aromatic rings. The third-order valence-electron chi connectivity index (χ3n) is 5.57. The molecule has 0 radical (unpaired) electrons. The van der Waals surface area contributed by atoms with Crippen molar-refractivity contribution in [3.05, 3.63) is 36.5 Å². The van der Waals surface area contributed by atoms with E-state index in [4.69, 9.17) is 14.1 Å². The molecular formula is C20H22F3N5O5S2. The van der Waals surface area contributed by atoms with E-state index in [2.05, 4.69) is 15.4 Å². The normalized spacial score (nSPS) is 23.5. The molecule has 5 N–H and O–H groups in total. The predicted octanol–water partition coefficient (Wildman–Crippen LogP) is 2.09. The Labute approximate surface area is 204 Å². The zero-order chi connectivity index (χ0) is 25.3. The highest BCUT2D eigenvalue weighted by atomic mass is 32.2. The topological polar surface area (TPSA) is 144 Å². The van der Waals surface area contributed by atoms with Crippen LogP contribution in [0.2, 0.25) is 0 Å². The van der Waals surface area contributed by atoms with Gasteiger partial charge in [0.25, 0.3) is 0 Å². The SMILES string of the molecule is COc1ccc(SC(F)(F)F)cc1-c1cc2nccc(N[C@@H]3C[C@H](COS(N)=O)[C@@H](O)[C@H]3O)n2n1. The Balaban J connectivity index is 1.62. The summed E-state index contributed by atoms with van der Waals surface area (Å²) in [7, 11) is 1.41. The number of nitrogens with one attached hydrogen (secondary N) is 1. The molecule has 1 aliphatic rings. The van der Waals surface area contributed by atoms with Gasteiger partial charge in [0.2, 0.25) is 11.3 Å². The number of anilines is 1. The van der Waals surface area contributed by atoms with Crippen LogP contribution in [0.15, 0.2) is 41.4 Å². The van der Waals surface area contributed by atoms with E-state index >= 15 is 0 Å². The van der Waals surface area contributed by atoms with Crippen LogP contribution in [0.5, 0.6) is 5.75 Å². The van der Waals surface area contributed by atoms with Crippen molar-refractivity contribution in [2.45, 2.75) is 35.1 Å². The second kappa shape index (κ2) is 10.3. The van der Waals surface area contributed by atoms with Gasteiger partial charge in [-0.25, -0.2) is 14.3 Å². The Kier molecular flexibility index (Phi) is 7.54. The Morgan fingerprint density at radius 3 is 2.74 bits per heavy atom. The van der Waals surface area contributed by atoms with Gasteiger partial charge in [0.1, 0.15) is 17.7 Å². The summed E-state index contributed by atoms with van der Waals surface area (Å²) in [5.41, 5.74) is -3.37. The number of rotatable bonds is 8. The molecule has 1 aliphatic carbocycles. The summed E-state index contributed by atoms with van der Waals surface area (Å²) in [5.74, 6) is 0.267. The second-order valence-corrected chi connectivity index (χ2v) is 9.71. The lowest BCUT2D eigenvalue weighted by Crippen LogP contribution is -2.36. The van der Waals surface area contributed by atoms with Gasteiger partial charge in [-0.3, -0.25) is 4.18 Å². The molecule has 35 heavy (non-hydrogen) atoms. The quantitative estimate of drug-likeness (QED) is 0.320. The van der Waals surface area contributed by atoms with Crippen molar-refractivity contribution >= 4 is 34.5 Å². The summed E-state index contributed by atoms with van der Waals surface area (Å²) < 4.78 is 61.2. The van der Waals surface area contributed by atoms with Gasteiger partial charge in [0, 0.05) is 28.6 Å². The lowest BCUT2D eigenvalue weighted by Gasteiger charge is -2.19. The van der Waals surface area contributed by atoms with Crippen LogP contribution in [0.4, 0.5) is 19.0 Å². The standard InChI is InChI=1S/C20H22F3N5O5S2/c1-32-15-3-2-11(34-20(21,22)23)7-12(15)13-8-17-25-5-4-16(28(17)27-13)26-14-6-10(9-33-35(24)31)18(29)19(14)30/h2-5,7-8,10,14,18-19,26,29-30H,6,9,24H2,1H3/t10-,14-,18-,19+,35?/m1/s1. The van der Waals surface area contributed by atoms with Crippen molar-refractivity contribution in [3.8, 4) is 17.0 Å². The van der Waals surface area contributed by atoms with Gasteiger partial charge < -0.3 is 20.3 Å². The minimum absolute atomic E-state index is 0.0219. The number of halogens is 3. The number of hydrogen-bond donors (Lipinski definition) is 4. The summed E-state index contributed by atoms with van der Waals surface area (Å²) in [5, 5.41) is 33.5. The molecule has 0 aliphatic heterocycles. The highest BCUT2D eigenvalue weighted by Gasteiger charge is 2.42. The van der Waals surface area contributed by atoms with Gasteiger partial charge >= 0.3 is 5.51 Å². The van der Waals surface area contributed by atoms with Crippen LogP contribution in [-0.4, -0.2) is 66.5 Å². The van der Waals surface area contributed by atoms with Crippen molar-refractivity contribution in [3.63, 3.8) is 0 Å². The van der Waals surface area contributed by atoms with Crippen molar-refractivity contribution < 1.29 is 36.5 Å². The third-order valence-corrected chi connectivity index (χ3v) is 6.66. The molecule has 1 fully saturated rings. The first-order chi connectivity index (χ1) is 16.6. The number of hydrogen-bond acceptors (Lipinski definition) is 9. The molecule has 0 amide bonds. The molecule has 0 bridgehead atoms.